The van der Waals surface area contributed by atoms with Crippen LogP contribution < -0.4 is 0 Å². The van der Waals surface area contributed by atoms with Crippen molar-refractivity contribution in [3.05, 3.63) is 29.5 Å². The van der Waals surface area contributed by atoms with Crippen molar-refractivity contribution >= 4 is 10.9 Å². The maximum Gasteiger partial charge on any atom is 0.0653 e. The molecular weight excluding hydrogens is 208 g/mol. The predicted octanol–water partition coefficient (Wildman–Crippen LogP) is 3.56. The van der Waals surface area contributed by atoms with Crippen LogP contribution in [0.15, 0.2) is 18.3 Å². The Morgan fingerprint density at radius 1 is 1.29 bits per heavy atom. The summed E-state index contributed by atoms with van der Waals surface area (Å²) in [6.07, 6.45) is 6.30. The minimum Gasteiger partial charge on any atom is -0.278 e. The van der Waals surface area contributed by atoms with Gasteiger partial charge in [0.25, 0.3) is 0 Å². The molecule has 1 heterocycles. The van der Waals surface area contributed by atoms with Gasteiger partial charge < -0.3 is 0 Å². The first-order valence-electron chi connectivity index (χ1n) is 6.66. The van der Waals surface area contributed by atoms with Crippen LogP contribution in [0.2, 0.25) is 0 Å². The van der Waals surface area contributed by atoms with E-state index in [1.165, 1.54) is 35.7 Å². The normalized spacial score (nSPS) is 35.2. The first kappa shape index (κ1) is 9.69. The molecule has 0 spiro atoms. The highest BCUT2D eigenvalue weighted by atomic mass is 15.1. The number of rotatable bonds is 1. The van der Waals surface area contributed by atoms with Crippen LogP contribution in [0.25, 0.3) is 10.9 Å². The minimum atomic E-state index is 0.436. The number of aryl methyl sites for hydroxylation is 1. The van der Waals surface area contributed by atoms with Crippen molar-refractivity contribution in [2.75, 3.05) is 0 Å². The average molecular weight is 226 g/mol. The molecule has 2 aliphatic rings. The fourth-order valence-electron chi connectivity index (χ4n) is 4.47. The number of aromatic nitrogens is 2. The van der Waals surface area contributed by atoms with E-state index in [2.05, 4.69) is 36.2 Å². The molecule has 1 aromatic heterocycles. The largest absolute Gasteiger partial charge is 0.278 e. The van der Waals surface area contributed by atoms with Crippen molar-refractivity contribution in [3.63, 3.8) is 0 Å². The van der Waals surface area contributed by atoms with Crippen LogP contribution in [0, 0.1) is 18.8 Å². The van der Waals surface area contributed by atoms with Gasteiger partial charge in [0.05, 0.1) is 11.7 Å². The molecule has 2 aliphatic carbocycles. The van der Waals surface area contributed by atoms with Gasteiger partial charge in [0.15, 0.2) is 0 Å². The Bertz CT molecular complexity index is 586. The van der Waals surface area contributed by atoms with Crippen molar-refractivity contribution in [1.29, 1.82) is 0 Å². The lowest BCUT2D eigenvalue weighted by Gasteiger charge is -2.19. The summed E-state index contributed by atoms with van der Waals surface area (Å²) >= 11 is 0. The summed E-state index contributed by atoms with van der Waals surface area (Å²) in [5.41, 5.74) is 4.64. The molecule has 0 radical (unpaired) electrons. The molecule has 0 amide bonds. The molecule has 2 fully saturated rings. The Morgan fingerprint density at radius 3 is 2.82 bits per heavy atom. The third kappa shape index (κ3) is 1.04. The van der Waals surface area contributed by atoms with E-state index in [0.717, 1.165) is 11.8 Å². The van der Waals surface area contributed by atoms with E-state index >= 15 is 0 Å². The second-order valence-corrected chi connectivity index (χ2v) is 6.02. The van der Waals surface area contributed by atoms with Gasteiger partial charge in [-0.25, -0.2) is 0 Å². The van der Waals surface area contributed by atoms with E-state index in [0.29, 0.717) is 5.41 Å². The molecule has 4 rings (SSSR count). The van der Waals surface area contributed by atoms with Crippen LogP contribution in [0.5, 0.6) is 0 Å². The van der Waals surface area contributed by atoms with Crippen LogP contribution in [0.1, 0.15) is 37.3 Å². The van der Waals surface area contributed by atoms with Crippen LogP contribution >= 0.6 is 0 Å². The summed E-state index contributed by atoms with van der Waals surface area (Å²) in [6, 6.07) is 4.40. The van der Waals surface area contributed by atoms with E-state index in [9.17, 15) is 0 Å². The summed E-state index contributed by atoms with van der Waals surface area (Å²) in [5, 5.41) is 8.66. The van der Waals surface area contributed by atoms with Crippen molar-refractivity contribution < 1.29 is 0 Å². The molecule has 1 N–H and O–H groups in total. The molecule has 1 aromatic carbocycles. The fraction of sp³-hybridized carbons (Fsp3) is 0.533. The van der Waals surface area contributed by atoms with E-state index < -0.39 is 0 Å². The Kier molecular flexibility index (Phi) is 1.67. The molecule has 0 saturated heterocycles. The number of nitrogens with zero attached hydrogens (tertiary/aromatic N) is 1. The zero-order chi connectivity index (χ0) is 11.6. The van der Waals surface area contributed by atoms with Crippen molar-refractivity contribution in [2.24, 2.45) is 11.8 Å². The highest BCUT2D eigenvalue weighted by Gasteiger charge is 2.64. The van der Waals surface area contributed by atoms with Gasteiger partial charge in [-0.05, 0) is 54.2 Å². The van der Waals surface area contributed by atoms with Gasteiger partial charge in [-0.1, -0.05) is 19.4 Å². The van der Waals surface area contributed by atoms with Crippen molar-refractivity contribution in [1.82, 2.24) is 10.2 Å². The summed E-state index contributed by atoms with van der Waals surface area (Å²) < 4.78 is 0. The van der Waals surface area contributed by atoms with Crippen LogP contribution in [-0.4, -0.2) is 10.2 Å². The van der Waals surface area contributed by atoms with Gasteiger partial charge in [0, 0.05) is 5.39 Å². The monoisotopic (exact) mass is 226 g/mol. The van der Waals surface area contributed by atoms with Gasteiger partial charge in [-0.3, -0.25) is 5.10 Å². The summed E-state index contributed by atoms with van der Waals surface area (Å²) in [4.78, 5) is 0. The number of hydrogen-bond acceptors (Lipinski definition) is 1. The third-order valence-electron chi connectivity index (χ3n) is 5.32. The lowest BCUT2D eigenvalue weighted by Crippen LogP contribution is -2.11. The topological polar surface area (TPSA) is 28.7 Å². The minimum absolute atomic E-state index is 0.436. The number of H-pyrrole nitrogens is 1. The molecule has 17 heavy (non-hydrogen) atoms. The molecule has 88 valence electrons. The standard InChI is InChI=1S/C15H18N2/c1-9-6-7-13-10(8-16-17-13)14(9)15(2)11-4-3-5-12(11)15/h6-8,11-12H,3-5H2,1-2H3,(H,16,17). The molecule has 2 unspecified atom stereocenters. The van der Waals surface area contributed by atoms with Gasteiger partial charge >= 0.3 is 0 Å². The molecular formula is C15H18N2. The number of aromatic amines is 1. The quantitative estimate of drug-likeness (QED) is 0.791. The number of fused-ring (bicyclic) bond motifs is 2. The van der Waals surface area contributed by atoms with Crippen molar-refractivity contribution in [3.8, 4) is 0 Å². The van der Waals surface area contributed by atoms with Crippen LogP contribution in [0.3, 0.4) is 0 Å². The number of hydrogen-bond donors (Lipinski definition) is 1. The Hall–Kier alpha value is -1.31. The average Bonchev–Trinajstić information content (AvgIpc) is 2.81. The first-order chi connectivity index (χ1) is 8.23. The summed E-state index contributed by atoms with van der Waals surface area (Å²) in [7, 11) is 0. The second kappa shape index (κ2) is 2.92. The van der Waals surface area contributed by atoms with Crippen LogP contribution in [-0.2, 0) is 5.41 Å². The lowest BCUT2D eigenvalue weighted by atomic mass is 9.84. The first-order valence-corrected chi connectivity index (χ1v) is 6.66. The molecule has 0 bridgehead atoms. The second-order valence-electron chi connectivity index (χ2n) is 6.02. The summed E-state index contributed by atoms with van der Waals surface area (Å²) in [6.45, 7) is 4.72. The SMILES string of the molecule is Cc1ccc2[nH]ncc2c1C1(C)C2CCCC21. The smallest absolute Gasteiger partial charge is 0.0653 e. The molecule has 0 aliphatic heterocycles. The van der Waals surface area contributed by atoms with E-state index in [4.69, 9.17) is 0 Å². The zero-order valence-corrected chi connectivity index (χ0v) is 10.5. The molecule has 2 atom stereocenters. The molecule has 2 aromatic rings. The Morgan fingerprint density at radius 2 is 2.06 bits per heavy atom. The van der Waals surface area contributed by atoms with Gasteiger partial charge in [-0.15, -0.1) is 0 Å². The number of benzene rings is 1. The fourth-order valence-corrected chi connectivity index (χ4v) is 4.47. The molecule has 2 saturated carbocycles. The third-order valence-corrected chi connectivity index (χ3v) is 5.32. The molecule has 2 heteroatoms. The number of nitrogens with one attached hydrogen (secondary N) is 1. The van der Waals surface area contributed by atoms with E-state index in [1.807, 2.05) is 6.20 Å². The van der Waals surface area contributed by atoms with E-state index in [1.54, 1.807) is 5.56 Å². The molecule has 2 nitrogen and oxygen atoms in total. The van der Waals surface area contributed by atoms with Gasteiger partial charge in [-0.2, -0.15) is 5.10 Å². The predicted molar refractivity (Wildman–Crippen MR) is 69.0 cm³/mol. The Labute approximate surface area is 101 Å². The van der Waals surface area contributed by atoms with Gasteiger partial charge in [0.2, 0.25) is 0 Å². The Balaban J connectivity index is 1.96. The zero-order valence-electron chi connectivity index (χ0n) is 10.5. The maximum atomic E-state index is 4.21. The van der Waals surface area contributed by atoms with Gasteiger partial charge in [0.1, 0.15) is 0 Å². The lowest BCUT2D eigenvalue weighted by molar-refractivity contribution is 0.551. The highest BCUT2D eigenvalue weighted by Crippen LogP contribution is 2.68. The van der Waals surface area contributed by atoms with Crippen molar-refractivity contribution in [2.45, 2.75) is 38.5 Å². The summed E-state index contributed by atoms with van der Waals surface area (Å²) in [5.74, 6) is 1.86. The maximum absolute atomic E-state index is 4.21. The van der Waals surface area contributed by atoms with E-state index in [-0.39, 0.29) is 0 Å². The van der Waals surface area contributed by atoms with Crippen LogP contribution in [0.4, 0.5) is 0 Å². The highest BCUT2D eigenvalue weighted by molar-refractivity contribution is 5.85.